The largest absolute Gasteiger partial charge is 0.481 e. The lowest BCUT2D eigenvalue weighted by molar-refractivity contribution is -0.149. The number of carboxylic acid groups (broad SMARTS) is 1. The highest BCUT2D eigenvalue weighted by atomic mass is 16.4. The van der Waals surface area contributed by atoms with Crippen LogP contribution in [0.25, 0.3) is 0 Å². The van der Waals surface area contributed by atoms with Crippen molar-refractivity contribution in [1.29, 1.82) is 0 Å². The zero-order chi connectivity index (χ0) is 11.1. The Morgan fingerprint density at radius 3 is 3.00 bits per heavy atom. The highest BCUT2D eigenvalue weighted by molar-refractivity contribution is 5.75. The fourth-order valence-corrected chi connectivity index (χ4v) is 2.42. The lowest BCUT2D eigenvalue weighted by atomic mass is 9.85. The highest BCUT2D eigenvalue weighted by Gasteiger charge is 2.46. The van der Waals surface area contributed by atoms with Crippen molar-refractivity contribution in [3.8, 4) is 0 Å². The van der Waals surface area contributed by atoms with Gasteiger partial charge in [-0.2, -0.15) is 0 Å². The van der Waals surface area contributed by atoms with E-state index in [9.17, 15) is 14.7 Å². The zero-order valence-electron chi connectivity index (χ0n) is 8.56. The Labute approximate surface area is 86.7 Å². The number of carbonyl (C=O) groups is 1. The van der Waals surface area contributed by atoms with Crippen LogP contribution in [-0.2, 0) is 4.79 Å². The minimum absolute atomic E-state index is 0.227. The van der Waals surface area contributed by atoms with Crippen molar-refractivity contribution in [2.75, 3.05) is 0 Å². The lowest BCUT2D eigenvalue weighted by Crippen LogP contribution is -2.36. The summed E-state index contributed by atoms with van der Waals surface area (Å²) >= 11 is 0. The number of nitrogens with zero attached hydrogens (tertiary/aromatic N) is 1. The Hall–Kier alpha value is -1.52. The molecule has 0 saturated heterocycles. The average molecular weight is 210 g/mol. The first-order chi connectivity index (χ1) is 7.05. The predicted molar refractivity (Wildman–Crippen MR) is 53.7 cm³/mol. The molecular weight excluding hydrogens is 196 g/mol. The van der Waals surface area contributed by atoms with Gasteiger partial charge < -0.3 is 10.1 Å². The Morgan fingerprint density at radius 1 is 1.73 bits per heavy atom. The molecule has 1 heterocycles. The number of rotatable bonds is 2. The van der Waals surface area contributed by atoms with Crippen LogP contribution in [0.4, 0.5) is 0 Å². The van der Waals surface area contributed by atoms with E-state index in [1.165, 1.54) is 4.57 Å². The van der Waals surface area contributed by atoms with Crippen LogP contribution in [0.1, 0.15) is 32.2 Å². The van der Waals surface area contributed by atoms with E-state index < -0.39 is 11.4 Å². The van der Waals surface area contributed by atoms with Gasteiger partial charge in [0.05, 0.1) is 11.5 Å². The molecule has 1 fully saturated rings. The molecule has 1 aliphatic rings. The molecule has 2 N–H and O–H groups in total. The molecule has 0 spiro atoms. The van der Waals surface area contributed by atoms with Crippen molar-refractivity contribution in [2.24, 2.45) is 5.41 Å². The molecule has 1 aliphatic carbocycles. The summed E-state index contributed by atoms with van der Waals surface area (Å²) in [4.78, 5) is 25.2. The second-order valence-electron chi connectivity index (χ2n) is 4.30. The Kier molecular flexibility index (Phi) is 2.17. The summed E-state index contributed by atoms with van der Waals surface area (Å²) in [7, 11) is 0. The van der Waals surface area contributed by atoms with Crippen molar-refractivity contribution in [3.05, 3.63) is 22.9 Å². The molecule has 1 aromatic rings. The lowest BCUT2D eigenvalue weighted by Gasteiger charge is -2.27. The third-order valence-corrected chi connectivity index (χ3v) is 3.41. The first kappa shape index (κ1) is 10.0. The summed E-state index contributed by atoms with van der Waals surface area (Å²) in [5, 5.41) is 9.21. The summed E-state index contributed by atoms with van der Waals surface area (Å²) in [5.74, 6) is -0.821. The average Bonchev–Trinajstić information content (AvgIpc) is 2.72. The first-order valence-electron chi connectivity index (χ1n) is 5.04. The third-order valence-electron chi connectivity index (χ3n) is 3.41. The molecule has 2 atom stereocenters. The number of hydrogen-bond acceptors (Lipinski definition) is 2. The van der Waals surface area contributed by atoms with Gasteiger partial charge in [-0.3, -0.25) is 9.36 Å². The van der Waals surface area contributed by atoms with Gasteiger partial charge in [0.1, 0.15) is 0 Å². The van der Waals surface area contributed by atoms with E-state index in [-0.39, 0.29) is 11.7 Å². The van der Waals surface area contributed by atoms with Gasteiger partial charge in [0.15, 0.2) is 0 Å². The SMILES string of the molecule is CC1(C(=O)O)CCCC1n1cc[nH]c1=O. The number of imidazole rings is 1. The summed E-state index contributed by atoms with van der Waals surface area (Å²) in [6.45, 7) is 1.71. The van der Waals surface area contributed by atoms with Crippen LogP contribution >= 0.6 is 0 Å². The molecule has 1 aromatic heterocycles. The minimum Gasteiger partial charge on any atom is -0.481 e. The van der Waals surface area contributed by atoms with Crippen LogP contribution in [0.15, 0.2) is 17.2 Å². The molecular formula is C10H14N2O3. The van der Waals surface area contributed by atoms with Gasteiger partial charge in [0, 0.05) is 12.4 Å². The van der Waals surface area contributed by atoms with E-state index >= 15 is 0 Å². The van der Waals surface area contributed by atoms with E-state index in [4.69, 9.17) is 0 Å². The van der Waals surface area contributed by atoms with E-state index in [2.05, 4.69) is 4.98 Å². The second-order valence-corrected chi connectivity index (χ2v) is 4.30. The van der Waals surface area contributed by atoms with Crippen LogP contribution in [0, 0.1) is 5.41 Å². The monoisotopic (exact) mass is 210 g/mol. The van der Waals surface area contributed by atoms with Crippen LogP contribution < -0.4 is 5.69 Å². The van der Waals surface area contributed by atoms with Gasteiger partial charge in [-0.1, -0.05) is 6.42 Å². The quantitative estimate of drug-likeness (QED) is 0.764. The van der Waals surface area contributed by atoms with Crippen LogP contribution in [0.2, 0.25) is 0 Å². The maximum atomic E-state index is 11.4. The standard InChI is InChI=1S/C10H14N2O3/c1-10(8(13)14)4-2-3-7(10)12-6-5-11-9(12)15/h5-7H,2-4H2,1H3,(H,11,15)(H,13,14). The normalized spacial score (nSPS) is 30.6. The molecule has 5 nitrogen and oxygen atoms in total. The van der Waals surface area contributed by atoms with E-state index in [0.717, 1.165) is 12.8 Å². The van der Waals surface area contributed by atoms with Crippen LogP contribution in [-0.4, -0.2) is 20.6 Å². The number of nitrogens with one attached hydrogen (secondary N) is 1. The Balaban J connectivity index is 2.42. The molecule has 82 valence electrons. The van der Waals surface area contributed by atoms with E-state index in [1.807, 2.05) is 0 Å². The molecule has 2 rings (SSSR count). The summed E-state index contributed by atoms with van der Waals surface area (Å²) in [6, 6.07) is -0.228. The van der Waals surface area contributed by atoms with Crippen LogP contribution in [0.5, 0.6) is 0 Å². The third kappa shape index (κ3) is 1.38. The molecule has 1 saturated carbocycles. The molecule has 2 unspecified atom stereocenters. The number of aliphatic carboxylic acids is 1. The van der Waals surface area contributed by atoms with Gasteiger partial charge in [-0.05, 0) is 19.8 Å². The topological polar surface area (TPSA) is 75.1 Å². The Bertz CT molecular complexity index is 434. The van der Waals surface area contributed by atoms with Gasteiger partial charge in [0.25, 0.3) is 0 Å². The maximum Gasteiger partial charge on any atom is 0.325 e. The fourth-order valence-electron chi connectivity index (χ4n) is 2.42. The maximum absolute atomic E-state index is 11.4. The molecule has 0 aromatic carbocycles. The number of aromatic amines is 1. The number of hydrogen-bond donors (Lipinski definition) is 2. The van der Waals surface area contributed by atoms with Crippen molar-refractivity contribution in [2.45, 2.75) is 32.2 Å². The van der Waals surface area contributed by atoms with Crippen molar-refractivity contribution >= 4 is 5.97 Å². The minimum atomic E-state index is -0.821. The number of H-pyrrole nitrogens is 1. The summed E-state index contributed by atoms with van der Waals surface area (Å²) in [5.41, 5.74) is -1.04. The van der Waals surface area contributed by atoms with Crippen molar-refractivity contribution in [1.82, 2.24) is 9.55 Å². The van der Waals surface area contributed by atoms with Gasteiger partial charge in [0.2, 0.25) is 0 Å². The predicted octanol–water partition coefficient (Wildman–Crippen LogP) is 0.992. The number of aromatic nitrogens is 2. The number of carboxylic acids is 1. The zero-order valence-corrected chi connectivity index (χ0v) is 8.56. The van der Waals surface area contributed by atoms with Crippen LogP contribution in [0.3, 0.4) is 0 Å². The van der Waals surface area contributed by atoms with E-state index in [1.54, 1.807) is 19.3 Å². The smallest absolute Gasteiger partial charge is 0.325 e. The Morgan fingerprint density at radius 2 is 2.47 bits per heavy atom. The van der Waals surface area contributed by atoms with Crippen molar-refractivity contribution < 1.29 is 9.90 Å². The first-order valence-corrected chi connectivity index (χ1v) is 5.04. The van der Waals surface area contributed by atoms with Gasteiger partial charge >= 0.3 is 11.7 Å². The molecule has 0 aliphatic heterocycles. The molecule has 5 heteroatoms. The second kappa shape index (κ2) is 3.25. The summed E-state index contributed by atoms with van der Waals surface area (Å²) < 4.78 is 1.50. The van der Waals surface area contributed by atoms with Crippen molar-refractivity contribution in [3.63, 3.8) is 0 Å². The van der Waals surface area contributed by atoms with E-state index in [0.29, 0.717) is 6.42 Å². The molecule has 0 bridgehead atoms. The summed E-state index contributed by atoms with van der Waals surface area (Å²) in [6.07, 6.45) is 5.40. The molecule has 0 amide bonds. The molecule has 15 heavy (non-hydrogen) atoms. The highest BCUT2D eigenvalue weighted by Crippen LogP contribution is 2.45. The molecule has 0 radical (unpaired) electrons. The van der Waals surface area contributed by atoms with Gasteiger partial charge in [-0.25, -0.2) is 4.79 Å². The fraction of sp³-hybridized carbons (Fsp3) is 0.600. The van der Waals surface area contributed by atoms with Gasteiger partial charge in [-0.15, -0.1) is 0 Å².